The highest BCUT2D eigenvalue weighted by atomic mass is 15.0. The van der Waals surface area contributed by atoms with E-state index in [1.165, 1.54) is 0 Å². The Morgan fingerprint density at radius 1 is 1.40 bits per heavy atom. The number of nitrogens with zero attached hydrogens (tertiary/aromatic N) is 1. The number of hydrogen-bond acceptors (Lipinski definition) is 3. The van der Waals surface area contributed by atoms with Crippen LogP contribution < -0.4 is 11.1 Å². The zero-order chi connectivity index (χ0) is 11.5. The predicted octanol–water partition coefficient (Wildman–Crippen LogP) is 2.96. The topological polar surface area (TPSA) is 50.9 Å². The summed E-state index contributed by atoms with van der Waals surface area (Å²) in [5, 5.41) is 3.42. The lowest BCUT2D eigenvalue weighted by Crippen LogP contribution is -2.31. The minimum Gasteiger partial charge on any atom is -0.397 e. The maximum Gasteiger partial charge on any atom is 0.126 e. The van der Waals surface area contributed by atoms with Crippen molar-refractivity contribution >= 4 is 11.5 Å². The number of anilines is 2. The number of nitrogens with one attached hydrogen (secondary N) is 1. The summed E-state index contributed by atoms with van der Waals surface area (Å²) < 4.78 is 0. The summed E-state index contributed by atoms with van der Waals surface area (Å²) in [6.07, 6.45) is 2.28. The Morgan fingerprint density at radius 3 is 2.60 bits per heavy atom. The molecule has 0 aromatic carbocycles. The average molecular weight is 207 g/mol. The molecule has 3 nitrogen and oxygen atoms in total. The van der Waals surface area contributed by atoms with E-state index in [4.69, 9.17) is 5.73 Å². The van der Waals surface area contributed by atoms with Gasteiger partial charge in [0.2, 0.25) is 0 Å². The fourth-order valence-corrected chi connectivity index (χ4v) is 1.68. The fraction of sp³-hybridized carbons (Fsp3) is 0.583. The summed E-state index contributed by atoms with van der Waals surface area (Å²) >= 11 is 0. The molecule has 0 spiro atoms. The van der Waals surface area contributed by atoms with Crippen LogP contribution in [0.5, 0.6) is 0 Å². The van der Waals surface area contributed by atoms with Crippen molar-refractivity contribution < 1.29 is 0 Å². The third-order valence-corrected chi connectivity index (χ3v) is 2.47. The Bertz CT molecular complexity index is 332. The van der Waals surface area contributed by atoms with Crippen LogP contribution in [0.25, 0.3) is 0 Å². The molecule has 1 aromatic rings. The first-order valence-electron chi connectivity index (χ1n) is 5.46. The molecule has 1 heterocycles. The molecule has 0 radical (unpaired) electrons. The van der Waals surface area contributed by atoms with E-state index >= 15 is 0 Å². The van der Waals surface area contributed by atoms with E-state index in [1.54, 1.807) is 0 Å². The van der Waals surface area contributed by atoms with Gasteiger partial charge in [0.1, 0.15) is 5.82 Å². The van der Waals surface area contributed by atoms with E-state index in [1.807, 2.05) is 19.1 Å². The number of rotatable bonds is 4. The molecule has 0 aliphatic carbocycles. The molecule has 3 N–H and O–H groups in total. The van der Waals surface area contributed by atoms with Crippen LogP contribution in [0.15, 0.2) is 12.1 Å². The summed E-state index contributed by atoms with van der Waals surface area (Å²) in [6.45, 7) is 8.48. The lowest BCUT2D eigenvalue weighted by molar-refractivity contribution is 0.509. The van der Waals surface area contributed by atoms with E-state index in [-0.39, 0.29) is 5.54 Å². The highest BCUT2D eigenvalue weighted by Crippen LogP contribution is 2.19. The number of hydrogen-bond donors (Lipinski definition) is 2. The minimum absolute atomic E-state index is 0.0876. The monoisotopic (exact) mass is 207 g/mol. The Morgan fingerprint density at radius 2 is 2.07 bits per heavy atom. The largest absolute Gasteiger partial charge is 0.397 e. The van der Waals surface area contributed by atoms with Crippen molar-refractivity contribution in [2.75, 3.05) is 11.1 Å². The smallest absolute Gasteiger partial charge is 0.126 e. The van der Waals surface area contributed by atoms with E-state index < -0.39 is 0 Å². The molecule has 1 rings (SSSR count). The van der Waals surface area contributed by atoms with Crippen LogP contribution in [0.2, 0.25) is 0 Å². The molecule has 0 atom stereocenters. The number of nitrogen functional groups attached to an aromatic ring is 1. The normalized spacial score (nSPS) is 11.5. The van der Waals surface area contributed by atoms with E-state index in [9.17, 15) is 0 Å². The molecule has 0 amide bonds. The van der Waals surface area contributed by atoms with Crippen molar-refractivity contribution in [3.8, 4) is 0 Å². The van der Waals surface area contributed by atoms with Crippen LogP contribution in [0.1, 0.15) is 39.3 Å². The van der Waals surface area contributed by atoms with Crippen LogP contribution in [0.3, 0.4) is 0 Å². The lowest BCUT2D eigenvalue weighted by Gasteiger charge is -2.26. The maximum absolute atomic E-state index is 5.72. The molecular formula is C12H21N3. The molecule has 0 saturated carbocycles. The maximum atomic E-state index is 5.72. The number of aryl methyl sites for hydroxylation is 1. The van der Waals surface area contributed by atoms with Gasteiger partial charge in [0.05, 0.1) is 11.4 Å². The Labute approximate surface area is 92.1 Å². The van der Waals surface area contributed by atoms with Crippen molar-refractivity contribution in [3.63, 3.8) is 0 Å². The van der Waals surface area contributed by atoms with Gasteiger partial charge in [0, 0.05) is 5.54 Å². The minimum atomic E-state index is 0.0876. The van der Waals surface area contributed by atoms with Gasteiger partial charge < -0.3 is 11.1 Å². The predicted molar refractivity (Wildman–Crippen MR) is 66.0 cm³/mol. The Balaban J connectivity index is 2.76. The van der Waals surface area contributed by atoms with E-state index in [0.717, 1.165) is 30.0 Å². The van der Waals surface area contributed by atoms with Crippen LogP contribution in [-0.2, 0) is 0 Å². The Hall–Kier alpha value is -1.25. The van der Waals surface area contributed by atoms with Gasteiger partial charge in [-0.1, -0.05) is 13.3 Å². The molecule has 0 unspecified atom stereocenters. The standard InChI is InChI=1S/C12H21N3/c1-5-8-12(3,4)15-11-7-6-10(13)9(2)14-11/h6-7H,5,8,13H2,1-4H3,(H,14,15). The van der Waals surface area contributed by atoms with Gasteiger partial charge >= 0.3 is 0 Å². The van der Waals surface area contributed by atoms with Crippen LogP contribution >= 0.6 is 0 Å². The third kappa shape index (κ3) is 3.42. The Kier molecular flexibility index (Phi) is 3.56. The van der Waals surface area contributed by atoms with Crippen molar-refractivity contribution in [2.24, 2.45) is 0 Å². The first kappa shape index (κ1) is 11.8. The number of nitrogens with two attached hydrogens (primary N) is 1. The molecule has 1 aromatic heterocycles. The fourth-order valence-electron chi connectivity index (χ4n) is 1.68. The van der Waals surface area contributed by atoms with E-state index in [2.05, 4.69) is 31.1 Å². The first-order valence-corrected chi connectivity index (χ1v) is 5.46. The zero-order valence-corrected chi connectivity index (χ0v) is 10.1. The van der Waals surface area contributed by atoms with Gasteiger partial charge in [0.25, 0.3) is 0 Å². The molecule has 0 bridgehead atoms. The third-order valence-electron chi connectivity index (χ3n) is 2.47. The lowest BCUT2D eigenvalue weighted by atomic mass is 9.99. The van der Waals surface area contributed by atoms with Crippen molar-refractivity contribution in [1.29, 1.82) is 0 Å². The highest BCUT2D eigenvalue weighted by molar-refractivity contribution is 5.49. The SMILES string of the molecule is CCCC(C)(C)Nc1ccc(N)c(C)n1. The summed E-state index contributed by atoms with van der Waals surface area (Å²) in [4.78, 5) is 4.40. The second-order valence-corrected chi connectivity index (χ2v) is 4.63. The molecule has 15 heavy (non-hydrogen) atoms. The van der Waals surface area contributed by atoms with Gasteiger partial charge in [-0.2, -0.15) is 0 Å². The van der Waals surface area contributed by atoms with Gasteiger partial charge in [-0.05, 0) is 39.3 Å². The van der Waals surface area contributed by atoms with Crippen molar-refractivity contribution in [2.45, 2.75) is 46.1 Å². The first-order chi connectivity index (χ1) is 6.94. The van der Waals surface area contributed by atoms with Crippen LogP contribution in [-0.4, -0.2) is 10.5 Å². The average Bonchev–Trinajstić information content (AvgIpc) is 2.10. The number of aromatic nitrogens is 1. The molecule has 0 saturated heterocycles. The van der Waals surface area contributed by atoms with E-state index in [0.29, 0.717) is 0 Å². The summed E-state index contributed by atoms with van der Waals surface area (Å²) in [6, 6.07) is 3.83. The molecular weight excluding hydrogens is 186 g/mol. The summed E-state index contributed by atoms with van der Waals surface area (Å²) in [5.74, 6) is 0.903. The second kappa shape index (κ2) is 4.51. The molecule has 84 valence electrons. The molecule has 3 heteroatoms. The van der Waals surface area contributed by atoms with Crippen LogP contribution in [0, 0.1) is 6.92 Å². The molecule has 0 fully saturated rings. The molecule has 0 aliphatic rings. The summed E-state index contributed by atoms with van der Waals surface area (Å²) in [7, 11) is 0. The van der Waals surface area contributed by atoms with Gasteiger partial charge in [0.15, 0.2) is 0 Å². The van der Waals surface area contributed by atoms with Gasteiger partial charge in [-0.25, -0.2) is 4.98 Å². The quantitative estimate of drug-likeness (QED) is 0.798. The van der Waals surface area contributed by atoms with Gasteiger partial charge in [-0.3, -0.25) is 0 Å². The second-order valence-electron chi connectivity index (χ2n) is 4.63. The van der Waals surface area contributed by atoms with Gasteiger partial charge in [-0.15, -0.1) is 0 Å². The van der Waals surface area contributed by atoms with Crippen LogP contribution in [0.4, 0.5) is 11.5 Å². The number of pyridine rings is 1. The zero-order valence-electron chi connectivity index (χ0n) is 10.1. The highest BCUT2D eigenvalue weighted by Gasteiger charge is 2.16. The summed E-state index contributed by atoms with van der Waals surface area (Å²) in [5.41, 5.74) is 7.43. The van der Waals surface area contributed by atoms with Crippen molar-refractivity contribution in [3.05, 3.63) is 17.8 Å². The van der Waals surface area contributed by atoms with Crippen molar-refractivity contribution in [1.82, 2.24) is 4.98 Å². The molecule has 0 aliphatic heterocycles.